The van der Waals surface area contributed by atoms with Crippen LogP contribution in [0.15, 0.2) is 0 Å². The van der Waals surface area contributed by atoms with Crippen molar-refractivity contribution in [2.24, 2.45) is 7.05 Å². The molecule has 0 saturated carbocycles. The van der Waals surface area contributed by atoms with Crippen LogP contribution in [0.3, 0.4) is 0 Å². The van der Waals surface area contributed by atoms with Crippen molar-refractivity contribution in [1.82, 2.24) is 15.1 Å². The highest BCUT2D eigenvalue weighted by atomic mass is 16.5. The molecule has 1 aliphatic heterocycles. The molecule has 7 nitrogen and oxygen atoms in total. The van der Waals surface area contributed by atoms with E-state index in [2.05, 4.69) is 16.5 Å². The number of nitriles is 1. The molecule has 0 radical (unpaired) electrons. The molecule has 2 rings (SSSR count). The lowest BCUT2D eigenvalue weighted by molar-refractivity contribution is -0.124. The molecule has 1 unspecified atom stereocenters. The first-order chi connectivity index (χ1) is 10.1. The molecule has 2 heterocycles. The highest BCUT2D eigenvalue weighted by molar-refractivity contribution is 5.86. The lowest BCUT2D eigenvalue weighted by Crippen LogP contribution is -2.54. The Hall–Kier alpha value is -2.07. The first-order valence-corrected chi connectivity index (χ1v) is 7.16. The molecule has 0 bridgehead atoms. The van der Waals surface area contributed by atoms with Gasteiger partial charge in [0.1, 0.15) is 23.5 Å². The summed E-state index contributed by atoms with van der Waals surface area (Å²) in [7, 11) is 1.79. The van der Waals surface area contributed by atoms with Gasteiger partial charge in [0.2, 0.25) is 5.91 Å². The zero-order valence-corrected chi connectivity index (χ0v) is 12.7. The lowest BCUT2D eigenvalue weighted by Gasteiger charge is -2.36. The van der Waals surface area contributed by atoms with Gasteiger partial charge in [-0.1, -0.05) is 6.92 Å². The normalized spacial score (nSPS) is 18.4. The molecule has 21 heavy (non-hydrogen) atoms. The number of aryl methyl sites for hydroxylation is 2. The van der Waals surface area contributed by atoms with E-state index in [4.69, 9.17) is 4.74 Å². The predicted octanol–water partition coefficient (Wildman–Crippen LogP) is 0.332. The topological polar surface area (TPSA) is 83.2 Å². The Bertz CT molecular complexity index is 560. The van der Waals surface area contributed by atoms with Crippen LogP contribution in [0, 0.1) is 18.3 Å². The third-order valence-corrected chi connectivity index (χ3v) is 3.56. The molecule has 1 N–H and O–H groups in total. The van der Waals surface area contributed by atoms with Crippen molar-refractivity contribution >= 4 is 11.7 Å². The summed E-state index contributed by atoms with van der Waals surface area (Å²) in [5.41, 5.74) is 1.20. The smallest absolute Gasteiger partial charge is 0.245 e. The van der Waals surface area contributed by atoms with Gasteiger partial charge in [-0.25, -0.2) is 0 Å². The largest absolute Gasteiger partial charge is 0.377 e. The Balaban J connectivity index is 2.31. The number of carbonyl (C=O) groups excluding carboxylic acids is 1. The Morgan fingerprint density at radius 3 is 3.05 bits per heavy atom. The van der Waals surface area contributed by atoms with E-state index in [0.29, 0.717) is 43.4 Å². The third kappa shape index (κ3) is 3.00. The first-order valence-electron chi connectivity index (χ1n) is 7.16. The van der Waals surface area contributed by atoms with Crippen molar-refractivity contribution in [1.29, 1.82) is 5.26 Å². The number of hydrogen-bond donors (Lipinski definition) is 1. The lowest BCUT2D eigenvalue weighted by atomic mass is 10.1. The Morgan fingerprint density at radius 2 is 2.38 bits per heavy atom. The van der Waals surface area contributed by atoms with Crippen LogP contribution in [0.1, 0.15) is 24.6 Å². The van der Waals surface area contributed by atoms with Crippen LogP contribution < -0.4 is 10.2 Å². The van der Waals surface area contributed by atoms with Crippen LogP contribution in [0.25, 0.3) is 0 Å². The number of nitrogens with one attached hydrogen (secondary N) is 1. The molecule has 1 aromatic rings. The second-order valence-corrected chi connectivity index (χ2v) is 5.09. The fourth-order valence-electron chi connectivity index (χ4n) is 2.55. The minimum Gasteiger partial charge on any atom is -0.377 e. The number of morpholine rings is 1. The van der Waals surface area contributed by atoms with Gasteiger partial charge in [0.15, 0.2) is 0 Å². The summed E-state index contributed by atoms with van der Waals surface area (Å²) in [5, 5.41) is 16.5. The number of ether oxygens (including phenoxy) is 1. The van der Waals surface area contributed by atoms with E-state index < -0.39 is 6.04 Å². The van der Waals surface area contributed by atoms with Crippen molar-refractivity contribution in [2.45, 2.75) is 26.3 Å². The molecule has 0 aromatic carbocycles. The minimum atomic E-state index is -0.424. The van der Waals surface area contributed by atoms with Gasteiger partial charge in [-0.05, 0) is 13.3 Å². The van der Waals surface area contributed by atoms with Gasteiger partial charge in [0, 0.05) is 20.1 Å². The SMILES string of the molecule is CCCNC(=O)C1COCCN1c1c(C#N)c(C)nn1C. The summed E-state index contributed by atoms with van der Waals surface area (Å²) >= 11 is 0. The second kappa shape index (κ2) is 6.59. The monoisotopic (exact) mass is 291 g/mol. The van der Waals surface area contributed by atoms with Crippen LogP contribution in [-0.2, 0) is 16.6 Å². The second-order valence-electron chi connectivity index (χ2n) is 5.09. The molecule has 7 heteroatoms. The van der Waals surface area contributed by atoms with Gasteiger partial charge < -0.3 is 15.0 Å². The number of carbonyl (C=O) groups is 1. The maximum atomic E-state index is 12.3. The van der Waals surface area contributed by atoms with E-state index in [1.54, 1.807) is 18.7 Å². The summed E-state index contributed by atoms with van der Waals surface area (Å²) in [5.74, 6) is 0.620. The van der Waals surface area contributed by atoms with Gasteiger partial charge in [-0.2, -0.15) is 10.4 Å². The summed E-state index contributed by atoms with van der Waals surface area (Å²) in [4.78, 5) is 14.2. The van der Waals surface area contributed by atoms with Crippen molar-refractivity contribution < 1.29 is 9.53 Å². The average molecular weight is 291 g/mol. The maximum Gasteiger partial charge on any atom is 0.245 e. The standard InChI is InChI=1S/C14H21N5O2/c1-4-5-16-13(20)12-9-21-7-6-19(12)14-11(8-15)10(2)17-18(14)3/h12H,4-7,9H2,1-3H3,(H,16,20). The number of nitrogens with zero attached hydrogens (tertiary/aromatic N) is 4. The van der Waals surface area contributed by atoms with Crippen molar-refractivity contribution in [3.63, 3.8) is 0 Å². The van der Waals surface area contributed by atoms with Crippen molar-refractivity contribution in [2.75, 3.05) is 31.2 Å². The molecule has 1 atom stereocenters. The van der Waals surface area contributed by atoms with Crippen LogP contribution in [0.2, 0.25) is 0 Å². The molecule has 0 aliphatic carbocycles. The zero-order chi connectivity index (χ0) is 15.4. The van der Waals surface area contributed by atoms with Gasteiger partial charge in [0.25, 0.3) is 0 Å². The third-order valence-electron chi connectivity index (χ3n) is 3.56. The fourth-order valence-corrected chi connectivity index (χ4v) is 2.55. The molecule has 1 amide bonds. The van der Waals surface area contributed by atoms with E-state index in [1.807, 2.05) is 11.8 Å². The molecule has 1 aliphatic rings. The van der Waals surface area contributed by atoms with Crippen molar-refractivity contribution in [3.05, 3.63) is 11.3 Å². The maximum absolute atomic E-state index is 12.3. The highest BCUT2D eigenvalue weighted by Crippen LogP contribution is 2.25. The number of amides is 1. The highest BCUT2D eigenvalue weighted by Gasteiger charge is 2.33. The summed E-state index contributed by atoms with van der Waals surface area (Å²) < 4.78 is 7.11. The number of rotatable bonds is 4. The summed E-state index contributed by atoms with van der Waals surface area (Å²) in [6.07, 6.45) is 0.883. The van der Waals surface area contributed by atoms with E-state index in [9.17, 15) is 10.1 Å². The van der Waals surface area contributed by atoms with Crippen LogP contribution in [0.5, 0.6) is 0 Å². The molecule has 0 spiro atoms. The Morgan fingerprint density at radius 1 is 1.62 bits per heavy atom. The molecular weight excluding hydrogens is 270 g/mol. The Labute approximate surface area is 124 Å². The Kier molecular flexibility index (Phi) is 4.81. The van der Waals surface area contributed by atoms with Crippen molar-refractivity contribution in [3.8, 4) is 6.07 Å². The van der Waals surface area contributed by atoms with Gasteiger partial charge in [0.05, 0.1) is 18.9 Å². The van der Waals surface area contributed by atoms with Crippen LogP contribution >= 0.6 is 0 Å². The summed E-state index contributed by atoms with van der Waals surface area (Å²) in [6, 6.07) is 1.76. The number of anilines is 1. The molecule has 1 aromatic heterocycles. The number of aromatic nitrogens is 2. The minimum absolute atomic E-state index is 0.0701. The molecule has 1 saturated heterocycles. The van der Waals surface area contributed by atoms with E-state index in [0.717, 1.165) is 6.42 Å². The number of hydrogen-bond acceptors (Lipinski definition) is 5. The van der Waals surface area contributed by atoms with E-state index in [1.165, 1.54) is 0 Å². The molecular formula is C14H21N5O2. The predicted molar refractivity (Wildman–Crippen MR) is 77.9 cm³/mol. The fraction of sp³-hybridized carbons (Fsp3) is 0.643. The quantitative estimate of drug-likeness (QED) is 0.864. The molecule has 114 valence electrons. The average Bonchev–Trinajstić information content (AvgIpc) is 2.78. The van der Waals surface area contributed by atoms with Crippen LogP contribution in [0.4, 0.5) is 5.82 Å². The van der Waals surface area contributed by atoms with E-state index in [-0.39, 0.29) is 5.91 Å². The van der Waals surface area contributed by atoms with Crippen LogP contribution in [-0.4, -0.2) is 48.0 Å². The van der Waals surface area contributed by atoms with Gasteiger partial charge in [-0.3, -0.25) is 9.48 Å². The summed E-state index contributed by atoms with van der Waals surface area (Å²) in [6.45, 7) is 5.87. The molecule has 1 fully saturated rings. The van der Waals surface area contributed by atoms with Gasteiger partial charge >= 0.3 is 0 Å². The van der Waals surface area contributed by atoms with E-state index >= 15 is 0 Å². The first kappa shape index (κ1) is 15.3. The zero-order valence-electron chi connectivity index (χ0n) is 12.7. The van der Waals surface area contributed by atoms with Gasteiger partial charge in [-0.15, -0.1) is 0 Å².